The van der Waals surface area contributed by atoms with Gasteiger partial charge in [0.15, 0.2) is 17.3 Å². The van der Waals surface area contributed by atoms with Crippen LogP contribution in [0.4, 0.5) is 8.78 Å². The van der Waals surface area contributed by atoms with Crippen molar-refractivity contribution in [3.8, 4) is 11.1 Å². The molecule has 2 aromatic rings. The predicted molar refractivity (Wildman–Crippen MR) is 48.8 cm³/mol. The molecule has 0 aliphatic heterocycles. The van der Waals surface area contributed by atoms with Crippen LogP contribution in [0.15, 0.2) is 29.0 Å². The van der Waals surface area contributed by atoms with Crippen molar-refractivity contribution < 1.29 is 23.2 Å². The zero-order chi connectivity index (χ0) is 11.7. The summed E-state index contributed by atoms with van der Waals surface area (Å²) in [4.78, 5) is 10.7. The Labute approximate surface area is 88.1 Å². The fourth-order valence-corrected chi connectivity index (χ4v) is 1.26. The van der Waals surface area contributed by atoms with Crippen molar-refractivity contribution in [3.05, 3.63) is 41.8 Å². The Balaban J connectivity index is 2.54. The minimum Gasteiger partial charge on any atom is -0.476 e. The summed E-state index contributed by atoms with van der Waals surface area (Å²) in [6.07, 6.45) is 1.07. The third-order valence-electron chi connectivity index (χ3n) is 2.00. The maximum Gasteiger partial charge on any atom is 0.358 e. The van der Waals surface area contributed by atoms with Crippen molar-refractivity contribution in [3.63, 3.8) is 0 Å². The zero-order valence-electron chi connectivity index (χ0n) is 7.78. The highest BCUT2D eigenvalue weighted by molar-refractivity contribution is 5.93. The van der Waals surface area contributed by atoms with Gasteiger partial charge in [-0.3, -0.25) is 0 Å². The van der Waals surface area contributed by atoms with Crippen LogP contribution in [0.25, 0.3) is 11.1 Å². The lowest BCUT2D eigenvalue weighted by atomic mass is 10.1. The van der Waals surface area contributed by atoms with E-state index in [9.17, 15) is 13.6 Å². The van der Waals surface area contributed by atoms with Gasteiger partial charge in [0, 0.05) is 0 Å². The number of hydrogen-bond donors (Lipinski definition) is 1. The standard InChI is InChI=1S/C10H5F2NO3/c11-7-2-1-5(3-8(7)12)6-4-16-13-9(6)10(14)15/h1-4H,(H,14,15). The second kappa shape index (κ2) is 3.73. The first-order chi connectivity index (χ1) is 7.59. The Bertz CT molecular complexity index is 551. The molecule has 1 N–H and O–H groups in total. The van der Waals surface area contributed by atoms with E-state index in [4.69, 9.17) is 5.11 Å². The Morgan fingerprint density at radius 1 is 1.31 bits per heavy atom. The second-order valence-electron chi connectivity index (χ2n) is 3.01. The minimum absolute atomic E-state index is 0.103. The van der Waals surface area contributed by atoms with Crippen molar-refractivity contribution in [1.29, 1.82) is 0 Å². The van der Waals surface area contributed by atoms with Gasteiger partial charge in [-0.05, 0) is 17.7 Å². The number of aromatic carboxylic acids is 1. The maximum atomic E-state index is 12.9. The van der Waals surface area contributed by atoms with Gasteiger partial charge in [0.05, 0.1) is 5.56 Å². The summed E-state index contributed by atoms with van der Waals surface area (Å²) in [5.41, 5.74) is -0.0463. The molecule has 2 rings (SSSR count). The van der Waals surface area contributed by atoms with E-state index in [-0.39, 0.29) is 16.8 Å². The number of carboxylic acids is 1. The number of rotatable bonds is 2. The summed E-state index contributed by atoms with van der Waals surface area (Å²) in [6.45, 7) is 0. The summed E-state index contributed by atoms with van der Waals surface area (Å²) < 4.78 is 30.1. The third-order valence-corrected chi connectivity index (χ3v) is 2.00. The van der Waals surface area contributed by atoms with E-state index in [0.717, 1.165) is 18.4 Å². The molecule has 1 aromatic heterocycles. The van der Waals surface area contributed by atoms with Crippen LogP contribution in [-0.2, 0) is 0 Å². The first kappa shape index (κ1) is 10.3. The van der Waals surface area contributed by atoms with Crippen molar-refractivity contribution in [2.24, 2.45) is 0 Å². The second-order valence-corrected chi connectivity index (χ2v) is 3.01. The molecule has 0 radical (unpaired) electrons. The van der Waals surface area contributed by atoms with Gasteiger partial charge in [0.2, 0.25) is 0 Å². The Morgan fingerprint density at radius 2 is 2.06 bits per heavy atom. The highest BCUT2D eigenvalue weighted by Crippen LogP contribution is 2.24. The van der Waals surface area contributed by atoms with Crippen molar-refractivity contribution in [2.45, 2.75) is 0 Å². The van der Waals surface area contributed by atoms with Crippen LogP contribution in [0.5, 0.6) is 0 Å². The normalized spacial score (nSPS) is 10.4. The van der Waals surface area contributed by atoms with Crippen molar-refractivity contribution in [1.82, 2.24) is 5.16 Å². The van der Waals surface area contributed by atoms with Gasteiger partial charge < -0.3 is 9.63 Å². The maximum absolute atomic E-state index is 12.9. The highest BCUT2D eigenvalue weighted by atomic mass is 19.2. The summed E-state index contributed by atoms with van der Waals surface area (Å²) in [5, 5.41) is 12.0. The van der Waals surface area contributed by atoms with Gasteiger partial charge in [-0.1, -0.05) is 11.2 Å². The fourth-order valence-electron chi connectivity index (χ4n) is 1.26. The SMILES string of the molecule is O=C(O)c1nocc1-c1ccc(F)c(F)c1. The number of aromatic nitrogens is 1. The van der Waals surface area contributed by atoms with Gasteiger partial charge in [-0.25, -0.2) is 13.6 Å². The average Bonchev–Trinajstić information content (AvgIpc) is 2.71. The quantitative estimate of drug-likeness (QED) is 0.851. The highest BCUT2D eigenvalue weighted by Gasteiger charge is 2.17. The molecule has 0 spiro atoms. The topological polar surface area (TPSA) is 63.3 Å². The van der Waals surface area contributed by atoms with Crippen LogP contribution in [0, 0.1) is 11.6 Å². The molecule has 1 aromatic carbocycles. The van der Waals surface area contributed by atoms with Crippen LogP contribution < -0.4 is 0 Å². The molecule has 0 saturated carbocycles. The van der Waals surface area contributed by atoms with Gasteiger partial charge in [0.25, 0.3) is 0 Å². The molecule has 0 unspecified atom stereocenters. The smallest absolute Gasteiger partial charge is 0.358 e. The number of carbonyl (C=O) groups is 1. The largest absolute Gasteiger partial charge is 0.476 e. The molecular weight excluding hydrogens is 220 g/mol. The number of benzene rings is 1. The third kappa shape index (κ3) is 1.65. The molecule has 0 atom stereocenters. The van der Waals surface area contributed by atoms with E-state index in [2.05, 4.69) is 9.68 Å². The van der Waals surface area contributed by atoms with E-state index in [0.29, 0.717) is 0 Å². The van der Waals surface area contributed by atoms with E-state index in [1.165, 1.54) is 6.07 Å². The molecular formula is C10H5F2NO3. The van der Waals surface area contributed by atoms with E-state index in [1.807, 2.05) is 0 Å². The molecule has 0 amide bonds. The van der Waals surface area contributed by atoms with E-state index in [1.54, 1.807) is 0 Å². The molecule has 16 heavy (non-hydrogen) atoms. The number of halogens is 2. The lowest BCUT2D eigenvalue weighted by Gasteiger charge is -1.99. The van der Waals surface area contributed by atoms with Crippen LogP contribution in [0.3, 0.4) is 0 Å². The summed E-state index contributed by atoms with van der Waals surface area (Å²) >= 11 is 0. The minimum atomic E-state index is -1.30. The van der Waals surface area contributed by atoms with Crippen LogP contribution in [0.2, 0.25) is 0 Å². The summed E-state index contributed by atoms with van der Waals surface area (Å²) in [5.74, 6) is -3.36. The molecule has 1 heterocycles. The van der Waals surface area contributed by atoms with E-state index < -0.39 is 17.6 Å². The Hall–Kier alpha value is -2.24. The molecule has 0 saturated heterocycles. The molecule has 0 aliphatic rings. The number of carboxylic acid groups (broad SMARTS) is 1. The van der Waals surface area contributed by atoms with Gasteiger partial charge in [-0.2, -0.15) is 0 Å². The summed E-state index contributed by atoms with van der Waals surface area (Å²) in [7, 11) is 0. The first-order valence-corrected chi connectivity index (χ1v) is 4.22. The number of nitrogens with zero attached hydrogens (tertiary/aromatic N) is 1. The molecule has 4 nitrogen and oxygen atoms in total. The van der Waals surface area contributed by atoms with Crippen molar-refractivity contribution >= 4 is 5.97 Å². The van der Waals surface area contributed by atoms with Crippen molar-refractivity contribution in [2.75, 3.05) is 0 Å². The lowest BCUT2D eigenvalue weighted by molar-refractivity contribution is 0.0686. The lowest BCUT2D eigenvalue weighted by Crippen LogP contribution is -1.98. The predicted octanol–water partition coefficient (Wildman–Crippen LogP) is 2.32. The van der Waals surface area contributed by atoms with Crippen LogP contribution >= 0.6 is 0 Å². The van der Waals surface area contributed by atoms with E-state index >= 15 is 0 Å². The Morgan fingerprint density at radius 3 is 2.69 bits per heavy atom. The fraction of sp³-hybridized carbons (Fsp3) is 0. The Kier molecular flexibility index (Phi) is 2.40. The van der Waals surface area contributed by atoms with Gasteiger partial charge >= 0.3 is 5.97 Å². The van der Waals surface area contributed by atoms with Crippen LogP contribution in [-0.4, -0.2) is 16.2 Å². The van der Waals surface area contributed by atoms with Gasteiger partial charge in [0.1, 0.15) is 6.26 Å². The molecule has 6 heteroatoms. The monoisotopic (exact) mass is 225 g/mol. The zero-order valence-corrected chi connectivity index (χ0v) is 7.78. The van der Waals surface area contributed by atoms with Crippen LogP contribution in [0.1, 0.15) is 10.5 Å². The molecule has 0 fully saturated rings. The summed E-state index contributed by atoms with van der Waals surface area (Å²) in [6, 6.07) is 3.04. The first-order valence-electron chi connectivity index (χ1n) is 4.22. The number of hydrogen-bond acceptors (Lipinski definition) is 3. The van der Waals surface area contributed by atoms with Gasteiger partial charge in [-0.15, -0.1) is 0 Å². The average molecular weight is 225 g/mol. The molecule has 0 bridgehead atoms. The molecule has 0 aliphatic carbocycles. The molecule has 82 valence electrons.